The summed E-state index contributed by atoms with van der Waals surface area (Å²) in [5.41, 5.74) is 1.41. The van der Waals surface area contributed by atoms with Crippen LogP contribution in [0.2, 0.25) is 5.02 Å². The third-order valence-corrected chi connectivity index (χ3v) is 7.87. The first-order valence-electron chi connectivity index (χ1n) is 10.8. The lowest BCUT2D eigenvalue weighted by molar-refractivity contribution is -0.134. The number of halogens is 1. The van der Waals surface area contributed by atoms with E-state index in [2.05, 4.69) is 15.1 Å². The number of hydrogen-bond acceptors (Lipinski definition) is 7. The van der Waals surface area contributed by atoms with Crippen molar-refractivity contribution in [1.29, 1.82) is 0 Å². The zero-order chi connectivity index (χ0) is 24.4. The Balaban J connectivity index is 1.22. The Kier molecular flexibility index (Phi) is 6.37. The van der Waals surface area contributed by atoms with Crippen molar-refractivity contribution in [1.82, 2.24) is 29.0 Å². The average molecular weight is 513 g/mol. The molecule has 0 unspecified atom stereocenters. The van der Waals surface area contributed by atoms with Crippen LogP contribution in [0.1, 0.15) is 0 Å². The third-order valence-electron chi connectivity index (χ3n) is 5.71. The molecule has 1 amide bonds. The molecule has 4 aromatic rings. The third kappa shape index (κ3) is 4.70. The van der Waals surface area contributed by atoms with Crippen LogP contribution >= 0.6 is 11.6 Å². The van der Waals surface area contributed by atoms with Gasteiger partial charge in [-0.1, -0.05) is 29.8 Å². The molecule has 35 heavy (non-hydrogen) atoms. The van der Waals surface area contributed by atoms with Crippen LogP contribution in [0.15, 0.2) is 72.0 Å². The predicted molar refractivity (Wildman–Crippen MR) is 129 cm³/mol. The van der Waals surface area contributed by atoms with E-state index in [0.29, 0.717) is 16.1 Å². The monoisotopic (exact) mass is 512 g/mol. The molecule has 0 spiro atoms. The quantitative estimate of drug-likeness (QED) is 0.390. The number of ether oxygens (including phenoxy) is 1. The second-order valence-electron chi connectivity index (χ2n) is 7.84. The minimum Gasteiger partial charge on any atom is -0.467 e. The largest absolute Gasteiger partial charge is 0.467 e. The Morgan fingerprint density at radius 3 is 2.40 bits per heavy atom. The summed E-state index contributed by atoms with van der Waals surface area (Å²) in [5, 5.41) is 5.42. The summed E-state index contributed by atoms with van der Waals surface area (Å²) in [6, 6.07) is 15.6. The van der Waals surface area contributed by atoms with E-state index in [0.717, 1.165) is 5.69 Å². The van der Waals surface area contributed by atoms with Gasteiger partial charge in [-0.25, -0.2) is 23.1 Å². The molecule has 0 saturated carbocycles. The molecule has 1 saturated heterocycles. The summed E-state index contributed by atoms with van der Waals surface area (Å²) < 4.78 is 34.5. The molecule has 0 bridgehead atoms. The van der Waals surface area contributed by atoms with Gasteiger partial charge in [-0.2, -0.15) is 9.40 Å². The second kappa shape index (κ2) is 9.61. The average Bonchev–Trinajstić information content (AvgIpc) is 3.33. The molecule has 1 fully saturated rings. The topological polar surface area (TPSA) is 111 Å². The highest BCUT2D eigenvalue weighted by atomic mass is 35.5. The maximum absolute atomic E-state index is 12.8. The first-order chi connectivity index (χ1) is 16.9. The smallest absolute Gasteiger partial charge is 0.260 e. The van der Waals surface area contributed by atoms with Crippen LogP contribution in [0.3, 0.4) is 0 Å². The summed E-state index contributed by atoms with van der Waals surface area (Å²) in [4.78, 5) is 23.0. The highest BCUT2D eigenvalue weighted by molar-refractivity contribution is 7.89. The van der Waals surface area contributed by atoms with Crippen molar-refractivity contribution >= 4 is 38.6 Å². The van der Waals surface area contributed by atoms with E-state index in [4.69, 9.17) is 16.3 Å². The fourth-order valence-electron chi connectivity index (χ4n) is 3.85. The minimum absolute atomic E-state index is 0.175. The van der Waals surface area contributed by atoms with E-state index in [1.165, 1.54) is 22.8 Å². The van der Waals surface area contributed by atoms with E-state index < -0.39 is 10.0 Å². The summed E-state index contributed by atoms with van der Waals surface area (Å²) in [5.74, 6) is 0.00485. The molecule has 0 radical (unpaired) electrons. The maximum Gasteiger partial charge on any atom is 0.260 e. The van der Waals surface area contributed by atoms with Crippen molar-refractivity contribution in [2.45, 2.75) is 4.90 Å². The van der Waals surface area contributed by atoms with Crippen molar-refractivity contribution in [3.05, 3.63) is 72.1 Å². The van der Waals surface area contributed by atoms with Gasteiger partial charge < -0.3 is 9.64 Å². The number of para-hydroxylation sites is 1. The highest BCUT2D eigenvalue weighted by Crippen LogP contribution is 2.24. The normalized spacial score (nSPS) is 14.8. The van der Waals surface area contributed by atoms with Crippen molar-refractivity contribution in [2.24, 2.45) is 0 Å². The van der Waals surface area contributed by atoms with Crippen LogP contribution in [0.5, 0.6) is 5.88 Å². The molecule has 5 rings (SSSR count). The Morgan fingerprint density at radius 1 is 0.971 bits per heavy atom. The molecule has 1 aliphatic heterocycles. The molecule has 0 atom stereocenters. The van der Waals surface area contributed by atoms with Crippen LogP contribution < -0.4 is 4.74 Å². The lowest BCUT2D eigenvalue weighted by Crippen LogP contribution is -2.51. The zero-order valence-electron chi connectivity index (χ0n) is 18.5. The number of benzene rings is 2. The number of amides is 1. The van der Waals surface area contributed by atoms with Gasteiger partial charge in [0.25, 0.3) is 5.91 Å². The van der Waals surface area contributed by atoms with Crippen molar-refractivity contribution in [3.8, 4) is 11.6 Å². The minimum atomic E-state index is -3.65. The van der Waals surface area contributed by atoms with Crippen LogP contribution in [0.4, 0.5) is 0 Å². The fourth-order valence-corrected chi connectivity index (χ4v) is 5.40. The fraction of sp³-hybridized carbons (Fsp3) is 0.217. The van der Waals surface area contributed by atoms with Gasteiger partial charge in [-0.15, -0.1) is 0 Å². The molecule has 12 heteroatoms. The summed E-state index contributed by atoms with van der Waals surface area (Å²) >= 11 is 5.86. The first kappa shape index (κ1) is 23.2. The van der Waals surface area contributed by atoms with Crippen molar-refractivity contribution < 1.29 is 17.9 Å². The molecular formula is C23H21ClN6O4S. The van der Waals surface area contributed by atoms with Gasteiger partial charge in [-0.05, 0) is 36.4 Å². The number of carbonyl (C=O) groups excluding carboxylic acids is 1. The predicted octanol–water partition coefficient (Wildman–Crippen LogP) is 2.38. The number of nitrogens with zero attached hydrogens (tertiary/aromatic N) is 6. The standard InChI is InChI=1S/C23H21ClN6O4S/c24-17-6-8-19(9-7-17)35(32,33)29-12-10-28(11-13-29)21(31)15-34-23-20-14-27-30(22(20)25-16-26-23)18-4-2-1-3-5-18/h1-9,14,16H,10-13,15H2. The number of hydrogen-bond donors (Lipinski definition) is 0. The van der Waals surface area contributed by atoms with Crippen molar-refractivity contribution in [2.75, 3.05) is 32.8 Å². The SMILES string of the molecule is O=C(COc1ncnc2c1cnn2-c1ccccc1)N1CCN(S(=O)(=O)c2ccc(Cl)cc2)CC1. The number of piperazine rings is 1. The number of fused-ring (bicyclic) bond motifs is 1. The molecule has 2 aromatic heterocycles. The number of sulfonamides is 1. The Morgan fingerprint density at radius 2 is 1.69 bits per heavy atom. The highest BCUT2D eigenvalue weighted by Gasteiger charge is 2.30. The number of aromatic nitrogens is 4. The molecule has 180 valence electrons. The van der Waals surface area contributed by atoms with Gasteiger partial charge in [-0.3, -0.25) is 4.79 Å². The van der Waals surface area contributed by atoms with E-state index in [1.54, 1.807) is 27.9 Å². The molecule has 2 aromatic carbocycles. The number of rotatable bonds is 6. The van der Waals surface area contributed by atoms with Gasteiger partial charge in [0, 0.05) is 31.2 Å². The molecule has 0 N–H and O–H groups in total. The molecule has 3 heterocycles. The number of carbonyl (C=O) groups is 1. The maximum atomic E-state index is 12.8. The first-order valence-corrected chi connectivity index (χ1v) is 12.7. The van der Waals surface area contributed by atoms with Gasteiger partial charge in [0.15, 0.2) is 12.3 Å². The Labute approximate surface area is 206 Å². The van der Waals surface area contributed by atoms with E-state index >= 15 is 0 Å². The second-order valence-corrected chi connectivity index (χ2v) is 10.2. The summed E-state index contributed by atoms with van der Waals surface area (Å²) in [7, 11) is -3.65. The Hall–Kier alpha value is -3.54. The van der Waals surface area contributed by atoms with E-state index in [9.17, 15) is 13.2 Å². The van der Waals surface area contributed by atoms with Crippen LogP contribution in [0, 0.1) is 0 Å². The van der Waals surface area contributed by atoms with Crippen LogP contribution in [0.25, 0.3) is 16.7 Å². The molecule has 0 aliphatic carbocycles. The lowest BCUT2D eigenvalue weighted by atomic mass is 10.3. The van der Waals surface area contributed by atoms with Crippen LogP contribution in [-0.2, 0) is 14.8 Å². The van der Waals surface area contributed by atoms with E-state index in [1.807, 2.05) is 30.3 Å². The lowest BCUT2D eigenvalue weighted by Gasteiger charge is -2.33. The summed E-state index contributed by atoms with van der Waals surface area (Å²) in [6.45, 7) is 0.684. The zero-order valence-corrected chi connectivity index (χ0v) is 20.1. The van der Waals surface area contributed by atoms with Gasteiger partial charge in [0.1, 0.15) is 11.7 Å². The molecule has 1 aliphatic rings. The van der Waals surface area contributed by atoms with Gasteiger partial charge in [0.05, 0.1) is 16.8 Å². The van der Waals surface area contributed by atoms with Crippen LogP contribution in [-0.4, -0.2) is 76.1 Å². The van der Waals surface area contributed by atoms with Crippen molar-refractivity contribution in [3.63, 3.8) is 0 Å². The molecular weight excluding hydrogens is 492 g/mol. The van der Waals surface area contributed by atoms with Gasteiger partial charge in [0.2, 0.25) is 15.9 Å². The van der Waals surface area contributed by atoms with E-state index in [-0.39, 0.29) is 49.5 Å². The van der Waals surface area contributed by atoms with Gasteiger partial charge >= 0.3 is 0 Å². The summed E-state index contributed by atoms with van der Waals surface area (Å²) in [6.07, 6.45) is 2.96. The molecule has 10 nitrogen and oxygen atoms in total. The Bertz CT molecular complexity index is 1450.